The van der Waals surface area contributed by atoms with Gasteiger partial charge in [0, 0.05) is 0 Å². The Balaban J connectivity index is 1.59. The molecule has 0 fully saturated rings. The summed E-state index contributed by atoms with van der Waals surface area (Å²) in [4.78, 5) is 24.7. The average molecular weight is 394 g/mol. The molecule has 0 saturated carbocycles. The van der Waals surface area contributed by atoms with Gasteiger partial charge in [0.25, 0.3) is 11.8 Å². The summed E-state index contributed by atoms with van der Waals surface area (Å²) in [6, 6.07) is 21.0. The number of ether oxygens (including phenoxy) is 2. The minimum Gasteiger partial charge on any atom is -0.481 e. The van der Waals surface area contributed by atoms with Crippen molar-refractivity contribution in [2.45, 2.75) is 13.0 Å². The van der Waals surface area contributed by atoms with Gasteiger partial charge in [-0.3, -0.25) is 20.4 Å². The molecule has 0 aliphatic heterocycles. The fourth-order valence-corrected chi connectivity index (χ4v) is 2.42. The van der Waals surface area contributed by atoms with Crippen LogP contribution in [0.25, 0.3) is 0 Å². The Kier molecular flexibility index (Phi) is 6.42. The SMILES string of the molecule is CC(Oc1ccc(F)cc1)C(=O)NNC(=O)c1ccccc1Oc1ccccc1. The van der Waals surface area contributed by atoms with E-state index < -0.39 is 23.7 Å². The molecule has 0 aliphatic rings. The fourth-order valence-electron chi connectivity index (χ4n) is 2.42. The smallest absolute Gasteiger partial charge is 0.279 e. The number of carbonyl (C=O) groups is 2. The third-order valence-electron chi connectivity index (χ3n) is 3.90. The first-order valence-corrected chi connectivity index (χ1v) is 8.87. The van der Waals surface area contributed by atoms with Crippen molar-refractivity contribution in [2.24, 2.45) is 0 Å². The van der Waals surface area contributed by atoms with E-state index >= 15 is 0 Å². The molecule has 29 heavy (non-hydrogen) atoms. The third-order valence-corrected chi connectivity index (χ3v) is 3.90. The molecular formula is C22H19FN2O4. The summed E-state index contributed by atoms with van der Waals surface area (Å²) < 4.78 is 24.1. The lowest BCUT2D eigenvalue weighted by atomic mass is 10.2. The van der Waals surface area contributed by atoms with Crippen LogP contribution in [0, 0.1) is 5.82 Å². The molecule has 1 unspecified atom stereocenters. The van der Waals surface area contributed by atoms with E-state index in [0.29, 0.717) is 17.2 Å². The van der Waals surface area contributed by atoms with Gasteiger partial charge >= 0.3 is 0 Å². The maximum atomic E-state index is 12.9. The maximum Gasteiger partial charge on any atom is 0.279 e. The average Bonchev–Trinajstić information content (AvgIpc) is 2.74. The summed E-state index contributed by atoms with van der Waals surface area (Å²) >= 11 is 0. The number of amides is 2. The first-order chi connectivity index (χ1) is 14.0. The van der Waals surface area contributed by atoms with Crippen LogP contribution in [0.1, 0.15) is 17.3 Å². The zero-order valence-corrected chi connectivity index (χ0v) is 15.6. The third kappa shape index (κ3) is 5.55. The molecule has 0 spiro atoms. The summed E-state index contributed by atoms with van der Waals surface area (Å²) in [5.41, 5.74) is 4.91. The van der Waals surface area contributed by atoms with E-state index in [4.69, 9.17) is 9.47 Å². The van der Waals surface area contributed by atoms with Crippen LogP contribution >= 0.6 is 0 Å². The van der Waals surface area contributed by atoms with Gasteiger partial charge < -0.3 is 9.47 Å². The number of carbonyl (C=O) groups excluding carboxylic acids is 2. The Morgan fingerprint density at radius 3 is 2.21 bits per heavy atom. The lowest BCUT2D eigenvalue weighted by Gasteiger charge is -2.16. The Morgan fingerprint density at radius 1 is 0.828 bits per heavy atom. The zero-order valence-electron chi connectivity index (χ0n) is 15.6. The van der Waals surface area contributed by atoms with Crippen molar-refractivity contribution in [1.82, 2.24) is 10.9 Å². The van der Waals surface area contributed by atoms with Crippen molar-refractivity contribution in [3.63, 3.8) is 0 Å². The molecule has 2 N–H and O–H groups in total. The highest BCUT2D eigenvalue weighted by molar-refractivity contribution is 5.98. The van der Waals surface area contributed by atoms with E-state index in [1.807, 2.05) is 18.2 Å². The summed E-state index contributed by atoms with van der Waals surface area (Å²) in [6.45, 7) is 1.51. The summed E-state index contributed by atoms with van der Waals surface area (Å²) in [6.07, 6.45) is -0.906. The summed E-state index contributed by atoms with van der Waals surface area (Å²) in [7, 11) is 0. The molecule has 3 aromatic rings. The van der Waals surface area contributed by atoms with Crippen molar-refractivity contribution < 1.29 is 23.5 Å². The maximum absolute atomic E-state index is 12.9. The van der Waals surface area contributed by atoms with Crippen LogP contribution in [0.15, 0.2) is 78.9 Å². The molecule has 0 radical (unpaired) electrons. The quantitative estimate of drug-likeness (QED) is 0.623. The largest absolute Gasteiger partial charge is 0.481 e. The van der Waals surface area contributed by atoms with Gasteiger partial charge in [-0.05, 0) is 55.5 Å². The number of para-hydroxylation sites is 2. The van der Waals surface area contributed by atoms with E-state index in [9.17, 15) is 14.0 Å². The van der Waals surface area contributed by atoms with Gasteiger partial charge in [0.2, 0.25) is 0 Å². The van der Waals surface area contributed by atoms with Crippen molar-refractivity contribution in [3.8, 4) is 17.2 Å². The van der Waals surface area contributed by atoms with Gasteiger partial charge in [0.05, 0.1) is 5.56 Å². The molecule has 0 bridgehead atoms. The molecule has 0 heterocycles. The second kappa shape index (κ2) is 9.36. The lowest BCUT2D eigenvalue weighted by Crippen LogP contribution is -2.47. The molecule has 0 aliphatic carbocycles. The van der Waals surface area contributed by atoms with Crippen molar-refractivity contribution in [3.05, 3.63) is 90.2 Å². The van der Waals surface area contributed by atoms with E-state index in [1.54, 1.807) is 36.4 Å². The molecule has 1 atom stereocenters. The molecule has 3 aromatic carbocycles. The minimum absolute atomic E-state index is 0.253. The van der Waals surface area contributed by atoms with Crippen LogP contribution < -0.4 is 20.3 Å². The molecule has 0 aromatic heterocycles. The molecule has 0 saturated heterocycles. The number of halogens is 1. The van der Waals surface area contributed by atoms with E-state index in [0.717, 1.165) is 0 Å². The molecule has 3 rings (SSSR count). The first kappa shape index (κ1) is 19.9. The van der Waals surface area contributed by atoms with E-state index in [1.165, 1.54) is 31.2 Å². The summed E-state index contributed by atoms with van der Waals surface area (Å²) in [5, 5.41) is 0. The number of rotatable bonds is 6. The van der Waals surface area contributed by atoms with Crippen molar-refractivity contribution >= 4 is 11.8 Å². The highest BCUT2D eigenvalue weighted by Gasteiger charge is 2.18. The van der Waals surface area contributed by atoms with Crippen molar-refractivity contribution in [1.29, 1.82) is 0 Å². The lowest BCUT2D eigenvalue weighted by molar-refractivity contribution is -0.128. The number of hydrogen-bond donors (Lipinski definition) is 2. The Hall–Kier alpha value is -3.87. The van der Waals surface area contributed by atoms with Gasteiger partial charge in [-0.2, -0.15) is 0 Å². The number of hydrogen-bond acceptors (Lipinski definition) is 4. The van der Waals surface area contributed by atoms with Crippen LogP contribution in [0.5, 0.6) is 17.2 Å². The predicted molar refractivity (Wildman–Crippen MR) is 105 cm³/mol. The number of benzene rings is 3. The molecule has 148 valence electrons. The second-order valence-electron chi connectivity index (χ2n) is 6.07. The second-order valence-corrected chi connectivity index (χ2v) is 6.07. The van der Waals surface area contributed by atoms with Gasteiger partial charge in [-0.15, -0.1) is 0 Å². The van der Waals surface area contributed by atoms with Crippen LogP contribution in [0.4, 0.5) is 4.39 Å². The Bertz CT molecular complexity index is 978. The Morgan fingerprint density at radius 2 is 1.48 bits per heavy atom. The molecular weight excluding hydrogens is 375 g/mol. The summed E-state index contributed by atoms with van der Waals surface area (Å²) in [5.74, 6) is -0.248. The fraction of sp³-hybridized carbons (Fsp3) is 0.0909. The van der Waals surface area contributed by atoms with Gasteiger partial charge in [-0.25, -0.2) is 4.39 Å². The topological polar surface area (TPSA) is 76.7 Å². The zero-order chi connectivity index (χ0) is 20.6. The highest BCUT2D eigenvalue weighted by Crippen LogP contribution is 2.24. The molecule has 7 heteroatoms. The van der Waals surface area contributed by atoms with E-state index in [2.05, 4.69) is 10.9 Å². The Labute approximate surface area is 167 Å². The molecule has 6 nitrogen and oxygen atoms in total. The van der Waals surface area contributed by atoms with Crippen LogP contribution in [-0.4, -0.2) is 17.9 Å². The van der Waals surface area contributed by atoms with Gasteiger partial charge in [-0.1, -0.05) is 30.3 Å². The van der Waals surface area contributed by atoms with Gasteiger partial charge in [0.1, 0.15) is 23.1 Å². The number of hydrazine groups is 1. The number of nitrogens with one attached hydrogen (secondary N) is 2. The standard InChI is InChI=1S/C22H19FN2O4/c1-15(28-18-13-11-16(23)12-14-18)21(26)24-25-22(27)19-9-5-6-10-20(19)29-17-7-3-2-4-8-17/h2-15H,1H3,(H,24,26)(H,25,27). The monoisotopic (exact) mass is 394 g/mol. The minimum atomic E-state index is -0.906. The normalized spacial score (nSPS) is 11.2. The van der Waals surface area contributed by atoms with Crippen LogP contribution in [0.3, 0.4) is 0 Å². The van der Waals surface area contributed by atoms with Crippen molar-refractivity contribution in [2.75, 3.05) is 0 Å². The highest BCUT2D eigenvalue weighted by atomic mass is 19.1. The van der Waals surface area contributed by atoms with Crippen LogP contribution in [-0.2, 0) is 4.79 Å². The molecule has 2 amide bonds. The van der Waals surface area contributed by atoms with E-state index in [-0.39, 0.29) is 5.56 Å². The first-order valence-electron chi connectivity index (χ1n) is 8.87. The van der Waals surface area contributed by atoms with Crippen LogP contribution in [0.2, 0.25) is 0 Å². The predicted octanol–water partition coefficient (Wildman–Crippen LogP) is 3.85. The van der Waals surface area contributed by atoms with Gasteiger partial charge in [0.15, 0.2) is 6.10 Å².